The summed E-state index contributed by atoms with van der Waals surface area (Å²) in [4.78, 5) is 11.7. The molecule has 0 amide bonds. The zero-order valence-electron chi connectivity index (χ0n) is 19.2. The summed E-state index contributed by atoms with van der Waals surface area (Å²) < 4.78 is 16.7. The molecule has 0 aliphatic carbocycles. The molecule has 1 atom stereocenters. The first-order chi connectivity index (χ1) is 16.0. The number of benzene rings is 3. The quantitative estimate of drug-likeness (QED) is 0.336. The van der Waals surface area contributed by atoms with E-state index in [0.29, 0.717) is 18.3 Å². The van der Waals surface area contributed by atoms with Crippen LogP contribution in [0, 0.1) is 5.92 Å². The summed E-state index contributed by atoms with van der Waals surface area (Å²) in [6.45, 7) is 4.60. The first-order valence-corrected chi connectivity index (χ1v) is 11.1. The third kappa shape index (κ3) is 5.10. The van der Waals surface area contributed by atoms with Crippen molar-refractivity contribution in [1.82, 2.24) is 0 Å². The number of hydrogen-bond acceptors (Lipinski definition) is 5. The number of nitrogens with two attached hydrogens (primary N) is 1. The number of carbonyl (C=O) groups excluding carboxylic acids is 1. The van der Waals surface area contributed by atoms with Gasteiger partial charge in [0.05, 0.1) is 19.8 Å². The summed E-state index contributed by atoms with van der Waals surface area (Å²) in [6.07, 6.45) is 1.87. The number of furan rings is 1. The van der Waals surface area contributed by atoms with E-state index < -0.39 is 0 Å². The lowest BCUT2D eigenvalue weighted by Crippen LogP contribution is -2.16. The Bertz CT molecular complexity index is 1260. The largest absolute Gasteiger partial charge is 0.489 e. The molecule has 170 valence electrons. The van der Waals surface area contributed by atoms with E-state index in [1.54, 1.807) is 6.26 Å². The van der Waals surface area contributed by atoms with Crippen LogP contribution < -0.4 is 10.5 Å². The van der Waals surface area contributed by atoms with Crippen LogP contribution in [0.15, 0.2) is 77.4 Å². The highest BCUT2D eigenvalue weighted by atomic mass is 16.5. The van der Waals surface area contributed by atoms with Crippen LogP contribution >= 0.6 is 0 Å². The second-order valence-electron chi connectivity index (χ2n) is 8.53. The molecule has 1 unspecified atom stereocenters. The van der Waals surface area contributed by atoms with Gasteiger partial charge < -0.3 is 19.6 Å². The number of esters is 1. The summed E-state index contributed by atoms with van der Waals surface area (Å²) in [5.74, 6) is 0.711. The van der Waals surface area contributed by atoms with Crippen LogP contribution in [0.5, 0.6) is 5.75 Å². The average molecular weight is 444 g/mol. The van der Waals surface area contributed by atoms with Crippen molar-refractivity contribution in [1.29, 1.82) is 0 Å². The summed E-state index contributed by atoms with van der Waals surface area (Å²) in [7, 11) is 1.39. The summed E-state index contributed by atoms with van der Waals surface area (Å²) in [6, 6.07) is 21.9. The van der Waals surface area contributed by atoms with E-state index in [2.05, 4.69) is 44.2 Å². The average Bonchev–Trinajstić information content (AvgIpc) is 3.31. The number of rotatable bonds is 8. The predicted octanol–water partition coefficient (Wildman–Crippen LogP) is 6.05. The maximum absolute atomic E-state index is 11.7. The van der Waals surface area contributed by atoms with Crippen molar-refractivity contribution < 1.29 is 18.7 Å². The molecule has 0 aliphatic rings. The Morgan fingerprint density at radius 3 is 2.64 bits per heavy atom. The highest BCUT2D eigenvalue weighted by Gasteiger charge is 2.15. The van der Waals surface area contributed by atoms with Gasteiger partial charge in [-0.1, -0.05) is 50.2 Å². The molecule has 1 aromatic heterocycles. The number of carbonyl (C=O) groups is 1. The molecule has 33 heavy (non-hydrogen) atoms. The molecule has 0 spiro atoms. The number of hydrogen-bond donors (Lipinski definition) is 1. The predicted molar refractivity (Wildman–Crippen MR) is 130 cm³/mol. The van der Waals surface area contributed by atoms with E-state index in [4.69, 9.17) is 19.6 Å². The number of methoxy groups -OCH3 is 1. The lowest BCUT2D eigenvalue weighted by Gasteiger charge is -2.17. The van der Waals surface area contributed by atoms with Crippen molar-refractivity contribution in [2.75, 3.05) is 7.11 Å². The monoisotopic (exact) mass is 443 g/mol. The van der Waals surface area contributed by atoms with Crippen LogP contribution in [0.3, 0.4) is 0 Å². The first kappa shape index (κ1) is 22.6. The van der Waals surface area contributed by atoms with Gasteiger partial charge in [0.2, 0.25) is 0 Å². The van der Waals surface area contributed by atoms with E-state index in [0.717, 1.165) is 38.8 Å². The fourth-order valence-electron chi connectivity index (χ4n) is 3.92. The van der Waals surface area contributed by atoms with Crippen molar-refractivity contribution in [3.05, 3.63) is 89.7 Å². The van der Waals surface area contributed by atoms with E-state index in [9.17, 15) is 4.79 Å². The molecule has 4 rings (SSSR count). The Labute approximate surface area is 194 Å². The molecule has 1 heterocycles. The molecule has 0 aliphatic heterocycles. The molecule has 0 saturated heterocycles. The molecule has 0 bridgehead atoms. The fraction of sp³-hybridized carbons (Fsp3) is 0.250. The van der Waals surface area contributed by atoms with Crippen molar-refractivity contribution in [2.24, 2.45) is 11.7 Å². The molecule has 3 aromatic carbocycles. The van der Waals surface area contributed by atoms with Crippen LogP contribution in [0.4, 0.5) is 0 Å². The zero-order valence-corrected chi connectivity index (χ0v) is 19.2. The van der Waals surface area contributed by atoms with Gasteiger partial charge in [-0.05, 0) is 52.9 Å². The van der Waals surface area contributed by atoms with Crippen LogP contribution in [-0.2, 0) is 22.6 Å². The Morgan fingerprint density at radius 2 is 1.85 bits per heavy atom. The van der Waals surface area contributed by atoms with Gasteiger partial charge in [0, 0.05) is 22.6 Å². The minimum atomic E-state index is -0.298. The van der Waals surface area contributed by atoms with Gasteiger partial charge in [-0.15, -0.1) is 0 Å². The molecule has 0 saturated carbocycles. The van der Waals surface area contributed by atoms with Crippen molar-refractivity contribution in [2.45, 2.75) is 32.9 Å². The maximum atomic E-state index is 11.7. The first-order valence-electron chi connectivity index (χ1n) is 11.1. The van der Waals surface area contributed by atoms with Gasteiger partial charge in [-0.2, -0.15) is 0 Å². The summed E-state index contributed by atoms with van der Waals surface area (Å²) >= 11 is 0. The highest BCUT2D eigenvalue weighted by Crippen LogP contribution is 2.33. The Morgan fingerprint density at radius 1 is 1.03 bits per heavy atom. The van der Waals surface area contributed by atoms with Gasteiger partial charge in [0.25, 0.3) is 0 Å². The van der Waals surface area contributed by atoms with E-state index in [1.807, 2.05) is 36.4 Å². The van der Waals surface area contributed by atoms with E-state index >= 15 is 0 Å². The van der Waals surface area contributed by atoms with E-state index in [-0.39, 0.29) is 18.4 Å². The van der Waals surface area contributed by atoms with Crippen LogP contribution in [0.25, 0.3) is 22.1 Å². The zero-order chi connectivity index (χ0) is 23.4. The molecular formula is C28H29NO4. The van der Waals surface area contributed by atoms with Gasteiger partial charge in [0.15, 0.2) is 0 Å². The molecule has 4 aromatic rings. The van der Waals surface area contributed by atoms with Crippen molar-refractivity contribution >= 4 is 16.9 Å². The smallest absolute Gasteiger partial charge is 0.310 e. The normalized spacial score (nSPS) is 12.2. The second-order valence-corrected chi connectivity index (χ2v) is 8.53. The van der Waals surface area contributed by atoms with Gasteiger partial charge in [-0.3, -0.25) is 4.79 Å². The summed E-state index contributed by atoms with van der Waals surface area (Å²) in [5, 5.41) is 1.01. The standard InChI is InChI=1S/C28H29NO4/c1-18(2)27(29)22-9-6-8-20(15-22)24-14-19(13-23-11-12-32-28(23)24)17-33-25-10-5-4-7-21(25)16-26(30)31-3/h4-15,18,27H,16-17,29H2,1-3H3. The summed E-state index contributed by atoms with van der Waals surface area (Å²) in [5.41, 5.74) is 12.2. The molecule has 0 fully saturated rings. The third-order valence-electron chi connectivity index (χ3n) is 5.84. The third-order valence-corrected chi connectivity index (χ3v) is 5.84. The Balaban J connectivity index is 1.65. The number of fused-ring (bicyclic) bond motifs is 1. The highest BCUT2D eigenvalue weighted by molar-refractivity contribution is 5.93. The SMILES string of the molecule is COC(=O)Cc1ccccc1OCc1cc(-c2cccc(C(N)C(C)C)c2)c2occc2c1. The van der Waals surface area contributed by atoms with Gasteiger partial charge in [0.1, 0.15) is 17.9 Å². The lowest BCUT2D eigenvalue weighted by molar-refractivity contribution is -0.139. The van der Waals surface area contributed by atoms with Crippen molar-refractivity contribution in [3.63, 3.8) is 0 Å². The molecule has 5 heteroatoms. The van der Waals surface area contributed by atoms with Gasteiger partial charge >= 0.3 is 5.97 Å². The van der Waals surface area contributed by atoms with Crippen molar-refractivity contribution in [3.8, 4) is 16.9 Å². The maximum Gasteiger partial charge on any atom is 0.310 e. The van der Waals surface area contributed by atoms with Gasteiger partial charge in [-0.25, -0.2) is 0 Å². The minimum absolute atomic E-state index is 0.0325. The lowest BCUT2D eigenvalue weighted by atomic mass is 9.93. The van der Waals surface area contributed by atoms with Crippen LogP contribution in [0.1, 0.15) is 36.6 Å². The Hall–Kier alpha value is -3.57. The van der Waals surface area contributed by atoms with Crippen LogP contribution in [-0.4, -0.2) is 13.1 Å². The minimum Gasteiger partial charge on any atom is -0.489 e. The van der Waals surface area contributed by atoms with E-state index in [1.165, 1.54) is 7.11 Å². The molecule has 0 radical (unpaired) electrons. The number of ether oxygens (including phenoxy) is 2. The Kier molecular flexibility index (Phi) is 6.80. The topological polar surface area (TPSA) is 74.7 Å². The fourth-order valence-corrected chi connectivity index (χ4v) is 3.92. The molecule has 5 nitrogen and oxygen atoms in total. The second kappa shape index (κ2) is 9.92. The van der Waals surface area contributed by atoms with Crippen LogP contribution in [0.2, 0.25) is 0 Å². The molecular weight excluding hydrogens is 414 g/mol. The number of para-hydroxylation sites is 1. The molecule has 2 N–H and O–H groups in total.